The van der Waals surface area contributed by atoms with Crippen molar-refractivity contribution in [3.05, 3.63) is 121 Å². The molecule has 0 saturated carbocycles. The van der Waals surface area contributed by atoms with E-state index in [0.29, 0.717) is 0 Å². The quantitative estimate of drug-likeness (QED) is 0.303. The normalized spacial score (nSPS) is 10.7. The molecule has 0 saturated heterocycles. The molecule has 0 aliphatic heterocycles. The monoisotopic (exact) mass is 448 g/mol. The van der Waals surface area contributed by atoms with Gasteiger partial charge in [-0.25, -0.2) is 0 Å². The minimum Gasteiger partial charge on any atom is -0.279 e. The van der Waals surface area contributed by atoms with E-state index in [2.05, 4.69) is 10.2 Å². The summed E-state index contributed by atoms with van der Waals surface area (Å²) in [7, 11) is 0. The standard InChI is InChI=1S/C28H24N4O2/c33-27(31(23-13-5-1-6-14-23)24-15-7-2-8-16-24)21-29-30-22-28(34)32(25-17-9-3-10-18-25)26-19-11-4-12-20-26/h1-20H,21-22H2. The number of benzene rings is 4. The van der Waals surface area contributed by atoms with Crippen LogP contribution in [0.4, 0.5) is 22.7 Å². The van der Waals surface area contributed by atoms with Crippen molar-refractivity contribution in [3.8, 4) is 0 Å². The molecular weight excluding hydrogens is 424 g/mol. The van der Waals surface area contributed by atoms with Gasteiger partial charge in [0.2, 0.25) is 0 Å². The van der Waals surface area contributed by atoms with Crippen LogP contribution in [0.15, 0.2) is 132 Å². The number of para-hydroxylation sites is 4. The van der Waals surface area contributed by atoms with Gasteiger partial charge in [-0.3, -0.25) is 19.4 Å². The van der Waals surface area contributed by atoms with E-state index in [1.165, 1.54) is 0 Å². The third kappa shape index (κ3) is 5.61. The first-order valence-electron chi connectivity index (χ1n) is 10.9. The summed E-state index contributed by atoms with van der Waals surface area (Å²) in [6.45, 7) is -0.346. The molecule has 4 aromatic rings. The molecule has 6 nitrogen and oxygen atoms in total. The van der Waals surface area contributed by atoms with Crippen molar-refractivity contribution < 1.29 is 9.59 Å². The summed E-state index contributed by atoms with van der Waals surface area (Å²) in [5.41, 5.74) is 2.96. The number of azo groups is 1. The second-order valence-electron chi connectivity index (χ2n) is 7.40. The zero-order chi connectivity index (χ0) is 23.6. The highest BCUT2D eigenvalue weighted by molar-refractivity contribution is 6.02. The summed E-state index contributed by atoms with van der Waals surface area (Å²) in [6.07, 6.45) is 0. The van der Waals surface area contributed by atoms with E-state index >= 15 is 0 Å². The fraction of sp³-hybridized carbons (Fsp3) is 0.0714. The molecule has 4 rings (SSSR count). The average Bonchev–Trinajstić information content (AvgIpc) is 2.89. The molecule has 0 bridgehead atoms. The van der Waals surface area contributed by atoms with E-state index in [-0.39, 0.29) is 24.9 Å². The first-order valence-corrected chi connectivity index (χ1v) is 10.9. The number of anilines is 4. The van der Waals surface area contributed by atoms with Crippen molar-refractivity contribution in [3.63, 3.8) is 0 Å². The van der Waals surface area contributed by atoms with Crippen molar-refractivity contribution in [1.29, 1.82) is 0 Å². The minimum absolute atomic E-state index is 0.173. The topological polar surface area (TPSA) is 65.3 Å². The molecule has 0 aromatic heterocycles. The Morgan fingerprint density at radius 1 is 0.441 bits per heavy atom. The van der Waals surface area contributed by atoms with Gasteiger partial charge in [-0.2, -0.15) is 10.2 Å². The van der Waals surface area contributed by atoms with Gasteiger partial charge in [0.1, 0.15) is 13.1 Å². The van der Waals surface area contributed by atoms with E-state index in [1.54, 1.807) is 9.80 Å². The number of carbonyl (C=O) groups is 2. The van der Waals surface area contributed by atoms with E-state index in [0.717, 1.165) is 22.7 Å². The molecule has 0 N–H and O–H groups in total. The zero-order valence-electron chi connectivity index (χ0n) is 18.6. The van der Waals surface area contributed by atoms with Gasteiger partial charge < -0.3 is 0 Å². The molecule has 2 amide bonds. The molecule has 0 atom stereocenters. The number of carbonyl (C=O) groups excluding carboxylic acids is 2. The van der Waals surface area contributed by atoms with Crippen LogP contribution in [0.2, 0.25) is 0 Å². The third-order valence-electron chi connectivity index (χ3n) is 5.07. The average molecular weight is 449 g/mol. The van der Waals surface area contributed by atoms with Crippen LogP contribution in [-0.4, -0.2) is 24.9 Å². The van der Waals surface area contributed by atoms with Gasteiger partial charge in [0.15, 0.2) is 0 Å². The summed E-state index contributed by atoms with van der Waals surface area (Å²) in [6, 6.07) is 37.5. The van der Waals surface area contributed by atoms with Gasteiger partial charge in [-0.1, -0.05) is 72.8 Å². The van der Waals surface area contributed by atoms with E-state index in [1.807, 2.05) is 121 Å². The van der Waals surface area contributed by atoms with Crippen LogP contribution in [0.1, 0.15) is 0 Å². The fourth-order valence-electron chi connectivity index (χ4n) is 3.54. The van der Waals surface area contributed by atoms with E-state index in [4.69, 9.17) is 0 Å². The molecule has 4 aromatic carbocycles. The molecule has 0 spiro atoms. The first kappa shape index (κ1) is 22.6. The van der Waals surface area contributed by atoms with Gasteiger partial charge in [-0.15, -0.1) is 0 Å². The molecule has 0 radical (unpaired) electrons. The minimum atomic E-state index is -0.239. The summed E-state index contributed by atoms with van der Waals surface area (Å²) in [5, 5.41) is 8.08. The lowest BCUT2D eigenvalue weighted by atomic mass is 10.2. The largest absolute Gasteiger partial charge is 0.279 e. The predicted octanol–water partition coefficient (Wildman–Crippen LogP) is 6.17. The van der Waals surface area contributed by atoms with Gasteiger partial charge in [-0.05, 0) is 48.5 Å². The zero-order valence-corrected chi connectivity index (χ0v) is 18.6. The van der Waals surface area contributed by atoms with Crippen LogP contribution in [0.3, 0.4) is 0 Å². The van der Waals surface area contributed by atoms with Crippen LogP contribution >= 0.6 is 0 Å². The summed E-state index contributed by atoms with van der Waals surface area (Å²) < 4.78 is 0. The van der Waals surface area contributed by atoms with Crippen molar-refractivity contribution in [2.45, 2.75) is 0 Å². The number of rotatable bonds is 8. The van der Waals surface area contributed by atoms with Crippen LogP contribution in [0, 0.1) is 0 Å². The summed E-state index contributed by atoms with van der Waals surface area (Å²) in [5.74, 6) is -0.479. The van der Waals surface area contributed by atoms with Crippen molar-refractivity contribution >= 4 is 34.6 Å². The maximum Gasteiger partial charge on any atom is 0.255 e. The molecule has 0 fully saturated rings. The third-order valence-corrected chi connectivity index (χ3v) is 5.07. The van der Waals surface area contributed by atoms with Crippen LogP contribution in [0.5, 0.6) is 0 Å². The predicted molar refractivity (Wildman–Crippen MR) is 135 cm³/mol. The second-order valence-corrected chi connectivity index (χ2v) is 7.40. The lowest BCUT2D eigenvalue weighted by Crippen LogP contribution is -2.29. The molecule has 0 aliphatic rings. The van der Waals surface area contributed by atoms with Gasteiger partial charge in [0.05, 0.1) is 0 Å². The number of hydrogen-bond acceptors (Lipinski definition) is 4. The Morgan fingerprint density at radius 2 is 0.676 bits per heavy atom. The molecule has 0 heterocycles. The SMILES string of the molecule is O=C(CN=NCC(=O)N(c1ccccc1)c1ccccc1)N(c1ccccc1)c1ccccc1. The highest BCUT2D eigenvalue weighted by Crippen LogP contribution is 2.26. The lowest BCUT2D eigenvalue weighted by Gasteiger charge is -2.22. The molecule has 168 valence electrons. The first-order chi connectivity index (χ1) is 16.7. The van der Waals surface area contributed by atoms with Crippen LogP contribution in [-0.2, 0) is 9.59 Å². The van der Waals surface area contributed by atoms with Crippen molar-refractivity contribution in [2.75, 3.05) is 22.9 Å². The maximum absolute atomic E-state index is 13.0. The lowest BCUT2D eigenvalue weighted by molar-refractivity contribution is -0.117. The van der Waals surface area contributed by atoms with Crippen LogP contribution in [0.25, 0.3) is 0 Å². The van der Waals surface area contributed by atoms with E-state index in [9.17, 15) is 9.59 Å². The maximum atomic E-state index is 13.0. The van der Waals surface area contributed by atoms with Gasteiger partial charge in [0.25, 0.3) is 11.8 Å². The molecule has 34 heavy (non-hydrogen) atoms. The Balaban J connectivity index is 1.47. The Morgan fingerprint density at radius 3 is 0.912 bits per heavy atom. The molecular formula is C28H24N4O2. The highest BCUT2D eigenvalue weighted by atomic mass is 16.2. The summed E-state index contributed by atoms with van der Waals surface area (Å²) >= 11 is 0. The Hall–Kier alpha value is -4.58. The van der Waals surface area contributed by atoms with Gasteiger partial charge in [0, 0.05) is 22.7 Å². The van der Waals surface area contributed by atoms with Gasteiger partial charge >= 0.3 is 0 Å². The van der Waals surface area contributed by atoms with Crippen molar-refractivity contribution in [2.24, 2.45) is 10.2 Å². The second kappa shape index (κ2) is 11.3. The number of amides is 2. The summed E-state index contributed by atoms with van der Waals surface area (Å²) in [4.78, 5) is 29.3. The van der Waals surface area contributed by atoms with Crippen LogP contribution < -0.4 is 9.80 Å². The Bertz CT molecular complexity index is 1050. The molecule has 0 aliphatic carbocycles. The number of hydrogen-bond donors (Lipinski definition) is 0. The molecule has 0 unspecified atom stereocenters. The van der Waals surface area contributed by atoms with E-state index < -0.39 is 0 Å². The highest BCUT2D eigenvalue weighted by Gasteiger charge is 2.19. The fourth-order valence-corrected chi connectivity index (χ4v) is 3.54. The smallest absolute Gasteiger partial charge is 0.255 e. The molecule has 6 heteroatoms. The van der Waals surface area contributed by atoms with Crippen molar-refractivity contribution in [1.82, 2.24) is 0 Å². The Labute approximate surface area is 198 Å². The Kier molecular flexibility index (Phi) is 7.54. The number of nitrogens with zero attached hydrogens (tertiary/aromatic N) is 4.